The summed E-state index contributed by atoms with van der Waals surface area (Å²) in [6.45, 7) is 0. The Bertz CT molecular complexity index is 910. The van der Waals surface area contributed by atoms with Crippen molar-refractivity contribution in [2.45, 2.75) is 6.18 Å². The monoisotopic (exact) mass is 379 g/mol. The lowest BCUT2D eigenvalue weighted by Gasteiger charge is -2.11. The number of rotatable bonds is 4. The summed E-state index contributed by atoms with van der Waals surface area (Å²) in [6, 6.07) is 7.83. The summed E-state index contributed by atoms with van der Waals surface area (Å²) in [6.07, 6.45) is -4.40. The molecule has 1 aromatic carbocycles. The molecule has 9 heteroatoms. The first-order valence-corrected chi connectivity index (χ1v) is 8.25. The predicted molar refractivity (Wildman–Crippen MR) is 91.3 cm³/mol. The number of hydrogen-bond donors (Lipinski definition) is 1. The van der Waals surface area contributed by atoms with Crippen LogP contribution < -0.4 is 10.1 Å². The molecule has 5 nitrogen and oxygen atoms in total. The maximum absolute atomic E-state index is 12.7. The molecule has 0 atom stereocenters. The van der Waals surface area contributed by atoms with E-state index in [9.17, 15) is 18.0 Å². The Morgan fingerprint density at radius 3 is 2.46 bits per heavy atom. The third-order valence-electron chi connectivity index (χ3n) is 3.48. The number of ether oxygens (including phenoxy) is 1. The van der Waals surface area contributed by atoms with Gasteiger partial charge in [0.15, 0.2) is 0 Å². The van der Waals surface area contributed by atoms with Crippen LogP contribution in [0.5, 0.6) is 5.88 Å². The van der Waals surface area contributed by atoms with Crippen molar-refractivity contribution < 1.29 is 22.7 Å². The fourth-order valence-corrected chi connectivity index (χ4v) is 2.76. The van der Waals surface area contributed by atoms with Gasteiger partial charge < -0.3 is 10.1 Å². The first-order chi connectivity index (χ1) is 12.4. The van der Waals surface area contributed by atoms with Gasteiger partial charge >= 0.3 is 6.18 Å². The number of amides is 1. The average molecular weight is 379 g/mol. The Kier molecular flexibility index (Phi) is 4.90. The lowest BCUT2D eigenvalue weighted by molar-refractivity contribution is -0.137. The Hall–Kier alpha value is -2.94. The first-order valence-electron chi connectivity index (χ1n) is 7.30. The SMILES string of the molecule is COc1nc(NC(=O)c2cscn2)ccc1-c1ccc(C(F)(F)F)cc1. The van der Waals surface area contributed by atoms with Gasteiger partial charge in [0, 0.05) is 10.9 Å². The lowest BCUT2D eigenvalue weighted by Crippen LogP contribution is -2.13. The van der Waals surface area contributed by atoms with E-state index in [0.29, 0.717) is 11.1 Å². The van der Waals surface area contributed by atoms with E-state index in [-0.39, 0.29) is 17.4 Å². The summed E-state index contributed by atoms with van der Waals surface area (Å²) in [5, 5.41) is 4.19. The van der Waals surface area contributed by atoms with Crippen LogP contribution in [0.4, 0.5) is 19.0 Å². The largest absolute Gasteiger partial charge is 0.480 e. The summed E-state index contributed by atoms with van der Waals surface area (Å²) in [5.74, 6) is 0.0134. The van der Waals surface area contributed by atoms with E-state index in [0.717, 1.165) is 12.1 Å². The molecule has 2 aromatic heterocycles. The molecule has 134 valence electrons. The minimum absolute atomic E-state index is 0.181. The summed E-state index contributed by atoms with van der Waals surface area (Å²) in [7, 11) is 1.39. The normalized spacial score (nSPS) is 11.2. The van der Waals surface area contributed by atoms with Gasteiger partial charge in [-0.2, -0.15) is 18.2 Å². The van der Waals surface area contributed by atoms with Gasteiger partial charge in [0.2, 0.25) is 5.88 Å². The molecule has 2 heterocycles. The highest BCUT2D eigenvalue weighted by Gasteiger charge is 2.30. The zero-order chi connectivity index (χ0) is 18.7. The first kappa shape index (κ1) is 17.9. The number of methoxy groups -OCH3 is 1. The molecule has 0 unspecified atom stereocenters. The number of hydrogen-bond acceptors (Lipinski definition) is 5. The molecule has 0 aliphatic heterocycles. The second-order valence-electron chi connectivity index (χ2n) is 5.16. The van der Waals surface area contributed by atoms with E-state index in [4.69, 9.17) is 4.74 Å². The molecule has 0 saturated heterocycles. The van der Waals surface area contributed by atoms with Crippen LogP contribution in [0.2, 0.25) is 0 Å². The number of nitrogens with zero attached hydrogens (tertiary/aromatic N) is 2. The van der Waals surface area contributed by atoms with Crippen molar-refractivity contribution in [1.82, 2.24) is 9.97 Å². The fourth-order valence-electron chi connectivity index (χ4n) is 2.23. The lowest BCUT2D eigenvalue weighted by atomic mass is 10.0. The Morgan fingerprint density at radius 2 is 1.88 bits per heavy atom. The number of carbonyl (C=O) groups is 1. The van der Waals surface area contributed by atoms with Crippen molar-refractivity contribution in [2.75, 3.05) is 12.4 Å². The number of halogens is 3. The minimum atomic E-state index is -4.40. The van der Waals surface area contributed by atoms with Crippen LogP contribution in [0.1, 0.15) is 16.1 Å². The van der Waals surface area contributed by atoms with Crippen LogP contribution in [0.3, 0.4) is 0 Å². The molecule has 0 saturated carbocycles. The van der Waals surface area contributed by atoms with Crippen LogP contribution in [0.25, 0.3) is 11.1 Å². The molecule has 0 fully saturated rings. The highest BCUT2D eigenvalue weighted by Crippen LogP contribution is 2.33. The second kappa shape index (κ2) is 7.12. The van der Waals surface area contributed by atoms with E-state index in [1.807, 2.05) is 0 Å². The van der Waals surface area contributed by atoms with Crippen LogP contribution in [-0.2, 0) is 6.18 Å². The van der Waals surface area contributed by atoms with Gasteiger partial charge in [0.25, 0.3) is 5.91 Å². The van der Waals surface area contributed by atoms with Gasteiger partial charge in [-0.25, -0.2) is 4.98 Å². The highest BCUT2D eigenvalue weighted by atomic mass is 32.1. The number of pyridine rings is 1. The molecular formula is C17H12F3N3O2S. The van der Waals surface area contributed by atoms with E-state index >= 15 is 0 Å². The third kappa shape index (κ3) is 3.83. The number of thiazole rings is 1. The van der Waals surface area contributed by atoms with Crippen molar-refractivity contribution >= 4 is 23.1 Å². The summed E-state index contributed by atoms with van der Waals surface area (Å²) in [4.78, 5) is 20.1. The van der Waals surface area contributed by atoms with Crippen molar-refractivity contribution in [3.63, 3.8) is 0 Å². The summed E-state index contributed by atoms with van der Waals surface area (Å²) < 4.78 is 43.2. The molecule has 0 aliphatic rings. The predicted octanol–water partition coefficient (Wildman–Crippen LogP) is 4.48. The van der Waals surface area contributed by atoms with Crippen molar-refractivity contribution in [1.29, 1.82) is 0 Å². The topological polar surface area (TPSA) is 64.1 Å². The summed E-state index contributed by atoms with van der Waals surface area (Å²) >= 11 is 1.29. The molecule has 0 aliphatic carbocycles. The number of nitrogens with one attached hydrogen (secondary N) is 1. The van der Waals surface area contributed by atoms with Crippen LogP contribution >= 0.6 is 11.3 Å². The quantitative estimate of drug-likeness (QED) is 0.726. The molecule has 3 aromatic rings. The fraction of sp³-hybridized carbons (Fsp3) is 0.118. The number of anilines is 1. The highest BCUT2D eigenvalue weighted by molar-refractivity contribution is 7.07. The van der Waals surface area contributed by atoms with Gasteiger partial charge in [-0.3, -0.25) is 4.79 Å². The van der Waals surface area contributed by atoms with E-state index in [1.54, 1.807) is 17.5 Å². The zero-order valence-electron chi connectivity index (χ0n) is 13.4. The van der Waals surface area contributed by atoms with Crippen LogP contribution in [0.15, 0.2) is 47.3 Å². The standard InChI is InChI=1S/C17H12F3N3O2S/c1-25-16-12(10-2-4-11(5-3-10)17(18,19)20)6-7-14(23-16)22-15(24)13-8-26-9-21-13/h2-9H,1H3,(H,22,23,24). The van der Waals surface area contributed by atoms with E-state index < -0.39 is 17.6 Å². The number of aromatic nitrogens is 2. The molecule has 0 radical (unpaired) electrons. The Morgan fingerprint density at radius 1 is 1.15 bits per heavy atom. The van der Waals surface area contributed by atoms with Gasteiger partial charge in [-0.05, 0) is 29.8 Å². The van der Waals surface area contributed by atoms with Crippen molar-refractivity contribution in [2.24, 2.45) is 0 Å². The molecule has 3 rings (SSSR count). The van der Waals surface area contributed by atoms with Crippen LogP contribution in [0, 0.1) is 0 Å². The number of carbonyl (C=O) groups excluding carboxylic acids is 1. The second-order valence-corrected chi connectivity index (χ2v) is 5.87. The van der Waals surface area contributed by atoms with Gasteiger partial charge in [-0.15, -0.1) is 11.3 Å². The van der Waals surface area contributed by atoms with Crippen molar-refractivity contribution in [3.05, 3.63) is 58.5 Å². The maximum atomic E-state index is 12.7. The molecule has 1 amide bonds. The molecule has 0 spiro atoms. The maximum Gasteiger partial charge on any atom is 0.416 e. The third-order valence-corrected chi connectivity index (χ3v) is 4.07. The van der Waals surface area contributed by atoms with Crippen molar-refractivity contribution in [3.8, 4) is 17.0 Å². The van der Waals surface area contributed by atoms with E-state index in [2.05, 4.69) is 15.3 Å². The smallest absolute Gasteiger partial charge is 0.416 e. The number of benzene rings is 1. The van der Waals surface area contributed by atoms with E-state index in [1.165, 1.54) is 36.1 Å². The van der Waals surface area contributed by atoms with Crippen LogP contribution in [-0.4, -0.2) is 23.0 Å². The summed E-state index contributed by atoms with van der Waals surface area (Å²) in [5.41, 5.74) is 2.09. The van der Waals surface area contributed by atoms with Gasteiger partial charge in [0.05, 0.1) is 18.2 Å². The molecular weight excluding hydrogens is 367 g/mol. The number of alkyl halides is 3. The average Bonchev–Trinajstić information content (AvgIpc) is 3.16. The molecule has 1 N–H and O–H groups in total. The van der Waals surface area contributed by atoms with Gasteiger partial charge in [-0.1, -0.05) is 12.1 Å². The minimum Gasteiger partial charge on any atom is -0.480 e. The zero-order valence-corrected chi connectivity index (χ0v) is 14.2. The Labute approximate surface area is 150 Å². The molecule has 0 bridgehead atoms. The molecule has 26 heavy (non-hydrogen) atoms. The van der Waals surface area contributed by atoms with Gasteiger partial charge in [0.1, 0.15) is 11.5 Å². The Balaban J connectivity index is 1.86.